The summed E-state index contributed by atoms with van der Waals surface area (Å²) in [4.78, 5) is 2.50. The summed E-state index contributed by atoms with van der Waals surface area (Å²) >= 11 is 0. The number of hydrogen-bond donors (Lipinski definition) is 2. The van der Waals surface area contributed by atoms with Gasteiger partial charge < -0.3 is 15.7 Å². The Kier molecular flexibility index (Phi) is 4.40. The molecule has 0 bridgehead atoms. The first-order valence-electron chi connectivity index (χ1n) is 6.50. The van der Waals surface area contributed by atoms with E-state index in [1.165, 1.54) is 32.4 Å². The normalized spacial score (nSPS) is 17.2. The van der Waals surface area contributed by atoms with Crippen LogP contribution in [0.1, 0.15) is 30.4 Å². The molecular weight excluding hydrogens is 212 g/mol. The van der Waals surface area contributed by atoms with Gasteiger partial charge in [-0.2, -0.15) is 0 Å². The second kappa shape index (κ2) is 6.03. The summed E-state index contributed by atoms with van der Waals surface area (Å²) in [7, 11) is 0. The summed E-state index contributed by atoms with van der Waals surface area (Å²) < 4.78 is 0. The van der Waals surface area contributed by atoms with Gasteiger partial charge in [0.05, 0.1) is 6.61 Å². The van der Waals surface area contributed by atoms with Crippen LogP contribution in [0.15, 0.2) is 18.2 Å². The highest BCUT2D eigenvalue weighted by atomic mass is 16.3. The molecule has 1 heterocycles. The van der Waals surface area contributed by atoms with Gasteiger partial charge >= 0.3 is 0 Å². The number of nitrogens with zero attached hydrogens (tertiary/aromatic N) is 1. The molecule has 1 aliphatic rings. The van der Waals surface area contributed by atoms with E-state index in [4.69, 9.17) is 5.73 Å². The van der Waals surface area contributed by atoms with Gasteiger partial charge in [0.25, 0.3) is 0 Å². The first-order valence-corrected chi connectivity index (χ1v) is 6.50. The van der Waals surface area contributed by atoms with Crippen molar-refractivity contribution in [3.63, 3.8) is 0 Å². The molecule has 0 radical (unpaired) electrons. The molecule has 0 saturated carbocycles. The Hall–Kier alpha value is -1.06. The Morgan fingerprint density at radius 1 is 1.18 bits per heavy atom. The molecule has 0 unspecified atom stereocenters. The molecule has 0 amide bonds. The minimum Gasteiger partial charge on any atom is -0.398 e. The van der Waals surface area contributed by atoms with Crippen LogP contribution in [0.5, 0.6) is 0 Å². The Morgan fingerprint density at radius 2 is 1.94 bits per heavy atom. The Labute approximate surface area is 103 Å². The van der Waals surface area contributed by atoms with Gasteiger partial charge in [-0.05, 0) is 49.5 Å². The van der Waals surface area contributed by atoms with Crippen molar-refractivity contribution in [1.82, 2.24) is 4.90 Å². The molecule has 0 spiro atoms. The van der Waals surface area contributed by atoms with Crippen molar-refractivity contribution in [2.24, 2.45) is 0 Å². The number of benzene rings is 1. The molecule has 0 aromatic heterocycles. The maximum atomic E-state index is 9.31. The van der Waals surface area contributed by atoms with Crippen LogP contribution in [0.3, 0.4) is 0 Å². The average molecular weight is 234 g/mol. The van der Waals surface area contributed by atoms with E-state index in [2.05, 4.69) is 4.90 Å². The van der Waals surface area contributed by atoms with Crippen molar-refractivity contribution in [1.29, 1.82) is 0 Å². The fourth-order valence-corrected chi connectivity index (χ4v) is 2.56. The molecule has 3 heteroatoms. The van der Waals surface area contributed by atoms with E-state index in [0.717, 1.165) is 29.8 Å². The molecule has 1 aliphatic heterocycles. The largest absolute Gasteiger partial charge is 0.398 e. The highest BCUT2D eigenvalue weighted by molar-refractivity contribution is 5.50. The van der Waals surface area contributed by atoms with Crippen LogP contribution in [-0.2, 0) is 13.0 Å². The first kappa shape index (κ1) is 12.4. The molecule has 0 atom stereocenters. The standard InChI is InChI=1S/C14H22N2O/c15-14-6-4-5-12(11-17)13(14)7-10-16-8-2-1-3-9-16/h4-6,17H,1-3,7-11,15H2. The number of nitrogens with two attached hydrogens (primary N) is 1. The van der Waals surface area contributed by atoms with Crippen LogP contribution in [-0.4, -0.2) is 29.6 Å². The van der Waals surface area contributed by atoms with E-state index in [-0.39, 0.29) is 6.61 Å². The van der Waals surface area contributed by atoms with Crippen molar-refractivity contribution in [3.8, 4) is 0 Å². The van der Waals surface area contributed by atoms with E-state index in [1.54, 1.807) is 0 Å². The molecule has 17 heavy (non-hydrogen) atoms. The minimum absolute atomic E-state index is 0.0837. The highest BCUT2D eigenvalue weighted by Crippen LogP contribution is 2.19. The number of likely N-dealkylation sites (tertiary alicyclic amines) is 1. The van der Waals surface area contributed by atoms with Gasteiger partial charge in [-0.25, -0.2) is 0 Å². The number of rotatable bonds is 4. The van der Waals surface area contributed by atoms with E-state index in [1.807, 2.05) is 18.2 Å². The molecule has 1 aromatic rings. The Bertz CT molecular complexity index is 359. The number of aliphatic hydroxyl groups is 1. The van der Waals surface area contributed by atoms with Crippen LogP contribution >= 0.6 is 0 Å². The van der Waals surface area contributed by atoms with Crippen molar-refractivity contribution in [3.05, 3.63) is 29.3 Å². The van der Waals surface area contributed by atoms with Gasteiger partial charge in [0.2, 0.25) is 0 Å². The monoisotopic (exact) mass is 234 g/mol. The maximum Gasteiger partial charge on any atom is 0.0685 e. The zero-order valence-corrected chi connectivity index (χ0v) is 10.4. The Morgan fingerprint density at radius 3 is 2.65 bits per heavy atom. The van der Waals surface area contributed by atoms with E-state index < -0.39 is 0 Å². The topological polar surface area (TPSA) is 49.5 Å². The van der Waals surface area contributed by atoms with Gasteiger partial charge in [-0.1, -0.05) is 18.6 Å². The summed E-state index contributed by atoms with van der Waals surface area (Å²) in [6.07, 6.45) is 4.95. The van der Waals surface area contributed by atoms with Crippen LogP contribution in [0.25, 0.3) is 0 Å². The van der Waals surface area contributed by atoms with Crippen LogP contribution in [0, 0.1) is 0 Å². The molecule has 3 nitrogen and oxygen atoms in total. The smallest absolute Gasteiger partial charge is 0.0685 e. The zero-order valence-electron chi connectivity index (χ0n) is 10.4. The van der Waals surface area contributed by atoms with Crippen LogP contribution in [0.4, 0.5) is 5.69 Å². The number of hydrogen-bond acceptors (Lipinski definition) is 3. The van der Waals surface area contributed by atoms with Crippen molar-refractivity contribution >= 4 is 5.69 Å². The summed E-state index contributed by atoms with van der Waals surface area (Å²) in [6.45, 7) is 3.56. The average Bonchev–Trinajstić information content (AvgIpc) is 2.38. The second-order valence-corrected chi connectivity index (χ2v) is 4.80. The number of nitrogen functional groups attached to an aromatic ring is 1. The van der Waals surface area contributed by atoms with Crippen LogP contribution in [0.2, 0.25) is 0 Å². The molecular formula is C14H22N2O. The van der Waals surface area contributed by atoms with Gasteiger partial charge in [-0.3, -0.25) is 0 Å². The third kappa shape index (κ3) is 3.20. The summed E-state index contributed by atoms with van der Waals surface area (Å²) in [6, 6.07) is 5.79. The Balaban J connectivity index is 1.97. The van der Waals surface area contributed by atoms with Crippen molar-refractivity contribution in [2.75, 3.05) is 25.4 Å². The quantitative estimate of drug-likeness (QED) is 0.781. The molecule has 0 aliphatic carbocycles. The third-order valence-corrected chi connectivity index (χ3v) is 3.61. The van der Waals surface area contributed by atoms with Crippen LogP contribution < -0.4 is 5.73 Å². The predicted molar refractivity (Wildman–Crippen MR) is 70.8 cm³/mol. The minimum atomic E-state index is 0.0837. The predicted octanol–water partition coefficient (Wildman–Crippen LogP) is 1.79. The number of anilines is 1. The maximum absolute atomic E-state index is 9.31. The van der Waals surface area contributed by atoms with Crippen molar-refractivity contribution in [2.45, 2.75) is 32.3 Å². The lowest BCUT2D eigenvalue weighted by atomic mass is 10.0. The summed E-state index contributed by atoms with van der Waals surface area (Å²) in [5.74, 6) is 0. The zero-order chi connectivity index (χ0) is 12.1. The SMILES string of the molecule is Nc1cccc(CO)c1CCN1CCCCC1. The number of piperidine rings is 1. The van der Waals surface area contributed by atoms with E-state index in [0.29, 0.717) is 0 Å². The third-order valence-electron chi connectivity index (χ3n) is 3.61. The first-order chi connectivity index (χ1) is 8.31. The van der Waals surface area contributed by atoms with E-state index in [9.17, 15) is 5.11 Å². The lowest BCUT2D eigenvalue weighted by Crippen LogP contribution is -2.31. The molecule has 94 valence electrons. The summed E-state index contributed by atoms with van der Waals surface area (Å²) in [5.41, 5.74) is 8.90. The molecule has 1 fully saturated rings. The van der Waals surface area contributed by atoms with Gasteiger partial charge in [0.15, 0.2) is 0 Å². The summed E-state index contributed by atoms with van der Waals surface area (Å²) in [5, 5.41) is 9.31. The fourth-order valence-electron chi connectivity index (χ4n) is 2.56. The lowest BCUT2D eigenvalue weighted by molar-refractivity contribution is 0.230. The van der Waals surface area contributed by atoms with E-state index >= 15 is 0 Å². The molecule has 1 saturated heterocycles. The van der Waals surface area contributed by atoms with Gasteiger partial charge in [-0.15, -0.1) is 0 Å². The molecule has 2 rings (SSSR count). The highest BCUT2D eigenvalue weighted by Gasteiger charge is 2.12. The van der Waals surface area contributed by atoms with Gasteiger partial charge in [0, 0.05) is 12.2 Å². The molecule has 1 aromatic carbocycles. The molecule has 3 N–H and O–H groups in total. The second-order valence-electron chi connectivity index (χ2n) is 4.80. The lowest BCUT2D eigenvalue weighted by Gasteiger charge is -2.26. The van der Waals surface area contributed by atoms with Crippen molar-refractivity contribution < 1.29 is 5.11 Å². The van der Waals surface area contributed by atoms with Gasteiger partial charge in [0.1, 0.15) is 0 Å². The fraction of sp³-hybridized carbons (Fsp3) is 0.571. The number of aliphatic hydroxyl groups excluding tert-OH is 1.